The topological polar surface area (TPSA) is 42.2 Å². The van der Waals surface area contributed by atoms with Gasteiger partial charge in [0.05, 0.1) is 26.4 Å². The van der Waals surface area contributed by atoms with Crippen LogP contribution in [0.4, 0.5) is 0 Å². The van der Waals surface area contributed by atoms with Gasteiger partial charge in [-0.05, 0) is 30.5 Å². The molecule has 90 valence electrons. The van der Waals surface area contributed by atoms with E-state index in [2.05, 4.69) is 6.07 Å². The molecule has 1 aliphatic carbocycles. The molecule has 0 bridgehead atoms. The lowest BCUT2D eigenvalue weighted by Crippen LogP contribution is -2.09. The molecule has 1 saturated carbocycles. The summed E-state index contributed by atoms with van der Waals surface area (Å²) in [6, 6.07) is 10.1. The van der Waals surface area contributed by atoms with Crippen LogP contribution in [0.1, 0.15) is 24.8 Å². The van der Waals surface area contributed by atoms with E-state index < -0.39 is 0 Å². The maximum Gasteiger partial charge on any atom is 0.118 e. The normalized spacial score (nSPS) is 16.2. The molecule has 0 amide bonds. The molecular weight excluding hydrogens is 214 g/mol. The molecule has 3 heteroatoms. The van der Waals surface area contributed by atoms with Crippen LogP contribution in [0.3, 0.4) is 0 Å². The molecular formula is C14H17NO2. The lowest BCUT2D eigenvalue weighted by Gasteiger charge is -2.11. The Bertz CT molecular complexity index is 401. The fourth-order valence-corrected chi connectivity index (χ4v) is 1.82. The molecule has 1 fully saturated rings. The van der Waals surface area contributed by atoms with Crippen molar-refractivity contribution in [3.8, 4) is 11.8 Å². The van der Waals surface area contributed by atoms with Crippen LogP contribution in [-0.2, 0) is 11.3 Å². The van der Waals surface area contributed by atoms with Crippen molar-refractivity contribution in [3.63, 3.8) is 0 Å². The van der Waals surface area contributed by atoms with E-state index in [1.807, 2.05) is 24.3 Å². The Morgan fingerprint density at radius 1 is 1.29 bits per heavy atom. The van der Waals surface area contributed by atoms with Crippen LogP contribution in [0.25, 0.3) is 0 Å². The largest absolute Gasteiger partial charge is 0.497 e. The van der Waals surface area contributed by atoms with Crippen LogP contribution in [0.15, 0.2) is 24.3 Å². The Labute approximate surface area is 102 Å². The third-order valence-electron chi connectivity index (χ3n) is 3.25. The maximum atomic E-state index is 8.70. The average Bonchev–Trinajstić information content (AvgIpc) is 3.11. The monoisotopic (exact) mass is 231 g/mol. The number of hydrogen-bond acceptors (Lipinski definition) is 3. The second-order valence-corrected chi connectivity index (χ2v) is 4.68. The summed E-state index contributed by atoms with van der Waals surface area (Å²) in [6.45, 7) is 1.31. The second kappa shape index (κ2) is 5.20. The minimum atomic E-state index is 0.168. The number of nitrogens with zero attached hydrogens (tertiary/aromatic N) is 1. The molecule has 2 rings (SSSR count). The van der Waals surface area contributed by atoms with Crippen LogP contribution in [-0.4, -0.2) is 13.7 Å². The highest BCUT2D eigenvalue weighted by Gasteiger charge is 2.42. The Balaban J connectivity index is 1.76. The van der Waals surface area contributed by atoms with Gasteiger partial charge >= 0.3 is 0 Å². The molecule has 17 heavy (non-hydrogen) atoms. The van der Waals surface area contributed by atoms with E-state index in [0.29, 0.717) is 19.6 Å². The number of methoxy groups -OCH3 is 1. The molecule has 0 N–H and O–H groups in total. The van der Waals surface area contributed by atoms with Gasteiger partial charge in [0.1, 0.15) is 5.75 Å². The number of benzene rings is 1. The number of hydrogen-bond donors (Lipinski definition) is 0. The van der Waals surface area contributed by atoms with Crippen molar-refractivity contribution in [2.45, 2.75) is 25.9 Å². The third-order valence-corrected chi connectivity index (χ3v) is 3.25. The van der Waals surface area contributed by atoms with Gasteiger partial charge in [-0.2, -0.15) is 5.26 Å². The van der Waals surface area contributed by atoms with Gasteiger partial charge in [0.15, 0.2) is 0 Å². The van der Waals surface area contributed by atoms with E-state index in [0.717, 1.165) is 24.2 Å². The summed E-state index contributed by atoms with van der Waals surface area (Å²) in [7, 11) is 1.66. The summed E-state index contributed by atoms with van der Waals surface area (Å²) >= 11 is 0. The fourth-order valence-electron chi connectivity index (χ4n) is 1.82. The first kappa shape index (κ1) is 11.9. The molecule has 1 aromatic carbocycles. The van der Waals surface area contributed by atoms with Crippen LogP contribution in [0.2, 0.25) is 0 Å². The lowest BCUT2D eigenvalue weighted by atomic mass is 10.1. The zero-order valence-corrected chi connectivity index (χ0v) is 10.1. The molecule has 1 aromatic rings. The van der Waals surface area contributed by atoms with Crippen molar-refractivity contribution >= 4 is 0 Å². The highest BCUT2D eigenvalue weighted by molar-refractivity contribution is 5.26. The molecule has 0 atom stereocenters. The summed E-state index contributed by atoms with van der Waals surface area (Å²) in [5.74, 6) is 0.858. The molecule has 0 spiro atoms. The summed E-state index contributed by atoms with van der Waals surface area (Å²) in [6.07, 6.45) is 2.88. The van der Waals surface area contributed by atoms with E-state index in [1.165, 1.54) is 0 Å². The fraction of sp³-hybridized carbons (Fsp3) is 0.500. The van der Waals surface area contributed by atoms with Crippen molar-refractivity contribution in [3.05, 3.63) is 29.8 Å². The molecule has 0 radical (unpaired) electrons. The SMILES string of the molecule is COc1ccc(COCC2(CC#N)CC2)cc1. The van der Waals surface area contributed by atoms with Crippen molar-refractivity contribution in [2.75, 3.05) is 13.7 Å². The Hall–Kier alpha value is -1.53. The van der Waals surface area contributed by atoms with Gasteiger partial charge in [-0.3, -0.25) is 0 Å². The first-order valence-corrected chi connectivity index (χ1v) is 5.86. The standard InChI is InChI=1S/C14H17NO2/c1-16-13-4-2-12(3-5-13)10-17-11-14(6-7-14)8-9-15/h2-5H,6-8,10-11H2,1H3. The quantitative estimate of drug-likeness (QED) is 0.756. The highest BCUT2D eigenvalue weighted by Crippen LogP contribution is 2.48. The maximum absolute atomic E-state index is 8.70. The van der Waals surface area contributed by atoms with Crippen LogP contribution in [0, 0.1) is 16.7 Å². The Morgan fingerprint density at radius 2 is 2.00 bits per heavy atom. The average molecular weight is 231 g/mol. The number of ether oxygens (including phenoxy) is 2. The Kier molecular flexibility index (Phi) is 3.65. The van der Waals surface area contributed by atoms with Gasteiger partial charge < -0.3 is 9.47 Å². The van der Waals surface area contributed by atoms with Crippen molar-refractivity contribution in [1.29, 1.82) is 5.26 Å². The second-order valence-electron chi connectivity index (χ2n) is 4.68. The minimum Gasteiger partial charge on any atom is -0.497 e. The van der Waals surface area contributed by atoms with Crippen LogP contribution >= 0.6 is 0 Å². The van der Waals surface area contributed by atoms with E-state index >= 15 is 0 Å². The zero-order valence-electron chi connectivity index (χ0n) is 10.1. The predicted octanol–water partition coefficient (Wildman–Crippen LogP) is 2.91. The van der Waals surface area contributed by atoms with Crippen molar-refractivity contribution in [1.82, 2.24) is 0 Å². The lowest BCUT2D eigenvalue weighted by molar-refractivity contribution is 0.0795. The molecule has 1 aliphatic rings. The Morgan fingerprint density at radius 3 is 2.53 bits per heavy atom. The molecule has 0 aromatic heterocycles. The first-order valence-electron chi connectivity index (χ1n) is 5.86. The minimum absolute atomic E-state index is 0.168. The number of rotatable bonds is 6. The summed E-state index contributed by atoms with van der Waals surface area (Å²) in [4.78, 5) is 0. The van der Waals surface area contributed by atoms with Gasteiger partial charge in [0.25, 0.3) is 0 Å². The van der Waals surface area contributed by atoms with Crippen molar-refractivity contribution < 1.29 is 9.47 Å². The smallest absolute Gasteiger partial charge is 0.118 e. The molecule has 3 nitrogen and oxygen atoms in total. The summed E-state index contributed by atoms with van der Waals surface area (Å²) < 4.78 is 10.8. The molecule has 0 unspecified atom stereocenters. The van der Waals surface area contributed by atoms with Crippen LogP contribution < -0.4 is 4.74 Å². The zero-order chi connectivity index (χ0) is 12.1. The van der Waals surface area contributed by atoms with E-state index in [1.54, 1.807) is 7.11 Å². The van der Waals surface area contributed by atoms with Gasteiger partial charge in [-0.15, -0.1) is 0 Å². The van der Waals surface area contributed by atoms with E-state index in [9.17, 15) is 0 Å². The van der Waals surface area contributed by atoms with Crippen LogP contribution in [0.5, 0.6) is 5.75 Å². The van der Waals surface area contributed by atoms with E-state index in [4.69, 9.17) is 14.7 Å². The van der Waals surface area contributed by atoms with Gasteiger partial charge in [0, 0.05) is 11.8 Å². The predicted molar refractivity (Wildman–Crippen MR) is 64.5 cm³/mol. The summed E-state index contributed by atoms with van der Waals surface area (Å²) in [5, 5.41) is 8.70. The summed E-state index contributed by atoms with van der Waals surface area (Å²) in [5.41, 5.74) is 1.31. The molecule has 0 heterocycles. The molecule has 0 aliphatic heterocycles. The van der Waals surface area contributed by atoms with E-state index in [-0.39, 0.29) is 5.41 Å². The number of nitriles is 1. The van der Waals surface area contributed by atoms with Gasteiger partial charge in [-0.25, -0.2) is 0 Å². The van der Waals surface area contributed by atoms with Crippen molar-refractivity contribution in [2.24, 2.45) is 5.41 Å². The first-order chi connectivity index (χ1) is 8.28. The van der Waals surface area contributed by atoms with Gasteiger partial charge in [0.2, 0.25) is 0 Å². The third kappa shape index (κ3) is 3.21. The highest BCUT2D eigenvalue weighted by atomic mass is 16.5. The van der Waals surface area contributed by atoms with Gasteiger partial charge in [-0.1, -0.05) is 12.1 Å². The molecule has 0 saturated heterocycles.